The van der Waals surface area contributed by atoms with E-state index in [0.29, 0.717) is 0 Å². The van der Waals surface area contributed by atoms with Gasteiger partial charge in [0.15, 0.2) is 0 Å². The van der Waals surface area contributed by atoms with E-state index in [4.69, 9.17) is 5.73 Å². The number of aryl methyl sites for hydroxylation is 2. The lowest BCUT2D eigenvalue weighted by atomic mass is 10.1. The van der Waals surface area contributed by atoms with Gasteiger partial charge >= 0.3 is 0 Å². The van der Waals surface area contributed by atoms with E-state index in [2.05, 4.69) is 5.10 Å². The molecule has 0 aliphatic rings. The molecule has 0 spiro atoms. The van der Waals surface area contributed by atoms with Gasteiger partial charge in [-0.05, 0) is 43.2 Å². The van der Waals surface area contributed by atoms with E-state index >= 15 is 0 Å². The van der Waals surface area contributed by atoms with E-state index in [9.17, 15) is 0 Å². The number of aromatic nitrogens is 2. The van der Waals surface area contributed by atoms with Crippen LogP contribution < -0.4 is 5.73 Å². The number of anilines is 1. The minimum absolute atomic E-state index is 0.862. The Morgan fingerprint density at radius 1 is 1.21 bits per heavy atom. The maximum atomic E-state index is 5.87. The summed E-state index contributed by atoms with van der Waals surface area (Å²) in [5, 5.41) is 4.17. The van der Waals surface area contributed by atoms with Crippen molar-refractivity contribution in [1.82, 2.24) is 9.78 Å². The fourth-order valence-corrected chi connectivity index (χ4v) is 1.51. The summed E-state index contributed by atoms with van der Waals surface area (Å²) in [6.07, 6.45) is 3.69. The summed E-state index contributed by atoms with van der Waals surface area (Å²) in [5.74, 6) is 0. The van der Waals surface area contributed by atoms with Crippen LogP contribution >= 0.6 is 0 Å². The summed E-state index contributed by atoms with van der Waals surface area (Å²) in [6, 6.07) is 5.98. The molecule has 1 heterocycles. The zero-order valence-corrected chi connectivity index (χ0v) is 8.36. The van der Waals surface area contributed by atoms with Crippen LogP contribution in [0, 0.1) is 13.8 Å². The second kappa shape index (κ2) is 3.18. The van der Waals surface area contributed by atoms with Gasteiger partial charge in [0.2, 0.25) is 0 Å². The van der Waals surface area contributed by atoms with E-state index < -0.39 is 0 Å². The van der Waals surface area contributed by atoms with Crippen molar-refractivity contribution >= 4 is 5.69 Å². The highest BCUT2D eigenvalue weighted by Crippen LogP contribution is 2.20. The molecule has 0 saturated heterocycles. The molecule has 0 atom stereocenters. The molecule has 0 fully saturated rings. The second-order valence-electron chi connectivity index (χ2n) is 3.44. The summed E-state index contributed by atoms with van der Waals surface area (Å²) >= 11 is 0. The van der Waals surface area contributed by atoms with Gasteiger partial charge in [-0.2, -0.15) is 5.10 Å². The van der Waals surface area contributed by atoms with Crippen molar-refractivity contribution in [2.24, 2.45) is 0 Å². The zero-order chi connectivity index (χ0) is 10.1. The summed E-state index contributed by atoms with van der Waals surface area (Å²) < 4.78 is 1.83. The Labute approximate surface area is 83.2 Å². The number of nitrogen functional groups attached to an aromatic ring is 1. The van der Waals surface area contributed by atoms with Crippen LogP contribution in [0.15, 0.2) is 30.6 Å². The smallest absolute Gasteiger partial charge is 0.0652 e. The van der Waals surface area contributed by atoms with Crippen LogP contribution in [-0.4, -0.2) is 9.78 Å². The van der Waals surface area contributed by atoms with Crippen molar-refractivity contribution in [3.8, 4) is 5.69 Å². The Bertz CT molecular complexity index is 421. The fraction of sp³-hybridized carbons (Fsp3) is 0.182. The maximum absolute atomic E-state index is 5.87. The van der Waals surface area contributed by atoms with Crippen molar-refractivity contribution in [3.63, 3.8) is 0 Å². The fourth-order valence-electron chi connectivity index (χ4n) is 1.51. The molecule has 0 amide bonds. The Kier molecular flexibility index (Phi) is 2.00. The van der Waals surface area contributed by atoms with E-state index in [0.717, 1.165) is 22.5 Å². The van der Waals surface area contributed by atoms with Crippen molar-refractivity contribution in [2.45, 2.75) is 13.8 Å². The molecule has 0 aliphatic carbocycles. The quantitative estimate of drug-likeness (QED) is 0.694. The maximum Gasteiger partial charge on any atom is 0.0652 e. The molecular formula is C11H13N3. The normalized spacial score (nSPS) is 10.4. The SMILES string of the molecule is Cc1cc(-n2cccn2)cc(C)c1N. The van der Waals surface area contributed by atoms with E-state index in [1.807, 2.05) is 42.9 Å². The molecule has 1 aromatic carbocycles. The summed E-state index contributed by atoms with van der Waals surface area (Å²) in [5.41, 5.74) is 9.98. The van der Waals surface area contributed by atoms with Crippen LogP contribution in [0.5, 0.6) is 0 Å². The topological polar surface area (TPSA) is 43.8 Å². The second-order valence-corrected chi connectivity index (χ2v) is 3.44. The van der Waals surface area contributed by atoms with E-state index in [1.165, 1.54) is 0 Å². The lowest BCUT2D eigenvalue weighted by Crippen LogP contribution is -1.99. The number of benzene rings is 1. The van der Waals surface area contributed by atoms with Crippen LogP contribution in [0.2, 0.25) is 0 Å². The molecule has 3 nitrogen and oxygen atoms in total. The van der Waals surface area contributed by atoms with Crippen LogP contribution in [0.3, 0.4) is 0 Å². The highest BCUT2D eigenvalue weighted by atomic mass is 15.3. The predicted octanol–water partition coefficient (Wildman–Crippen LogP) is 2.07. The van der Waals surface area contributed by atoms with E-state index in [-0.39, 0.29) is 0 Å². The summed E-state index contributed by atoms with van der Waals surface area (Å²) in [4.78, 5) is 0. The van der Waals surface area contributed by atoms with Crippen LogP contribution in [0.1, 0.15) is 11.1 Å². The molecule has 2 rings (SSSR count). The molecule has 1 aromatic heterocycles. The highest BCUT2D eigenvalue weighted by molar-refractivity contribution is 5.57. The van der Waals surface area contributed by atoms with Crippen molar-refractivity contribution in [3.05, 3.63) is 41.7 Å². The van der Waals surface area contributed by atoms with E-state index in [1.54, 1.807) is 6.20 Å². The molecule has 2 N–H and O–H groups in total. The average molecular weight is 187 g/mol. The first-order valence-electron chi connectivity index (χ1n) is 4.55. The minimum Gasteiger partial charge on any atom is -0.398 e. The summed E-state index contributed by atoms with van der Waals surface area (Å²) in [7, 11) is 0. The van der Waals surface area contributed by atoms with Gasteiger partial charge in [0.05, 0.1) is 5.69 Å². The first-order chi connectivity index (χ1) is 6.68. The van der Waals surface area contributed by atoms with Crippen LogP contribution in [0.4, 0.5) is 5.69 Å². The number of nitrogens with zero attached hydrogens (tertiary/aromatic N) is 2. The Morgan fingerprint density at radius 2 is 1.86 bits per heavy atom. The molecule has 3 heteroatoms. The van der Waals surface area contributed by atoms with Crippen LogP contribution in [0.25, 0.3) is 5.69 Å². The molecule has 14 heavy (non-hydrogen) atoms. The third kappa shape index (κ3) is 1.37. The Hall–Kier alpha value is -1.77. The van der Waals surface area contributed by atoms with Gasteiger partial charge in [-0.3, -0.25) is 0 Å². The van der Waals surface area contributed by atoms with Gasteiger partial charge < -0.3 is 5.73 Å². The Morgan fingerprint density at radius 3 is 2.36 bits per heavy atom. The van der Waals surface area contributed by atoms with Gasteiger partial charge in [-0.1, -0.05) is 0 Å². The highest BCUT2D eigenvalue weighted by Gasteiger charge is 2.02. The molecular weight excluding hydrogens is 174 g/mol. The monoisotopic (exact) mass is 187 g/mol. The van der Waals surface area contributed by atoms with Gasteiger partial charge in [0.1, 0.15) is 0 Å². The lowest BCUT2D eigenvalue weighted by molar-refractivity contribution is 0.878. The van der Waals surface area contributed by atoms with Gasteiger partial charge in [0, 0.05) is 18.1 Å². The lowest BCUT2D eigenvalue weighted by Gasteiger charge is -2.08. The van der Waals surface area contributed by atoms with Crippen molar-refractivity contribution in [2.75, 3.05) is 5.73 Å². The van der Waals surface area contributed by atoms with Gasteiger partial charge in [-0.15, -0.1) is 0 Å². The first kappa shape index (κ1) is 8.81. The number of nitrogens with two attached hydrogens (primary N) is 1. The van der Waals surface area contributed by atoms with Crippen molar-refractivity contribution < 1.29 is 0 Å². The van der Waals surface area contributed by atoms with Crippen molar-refractivity contribution in [1.29, 1.82) is 0 Å². The van der Waals surface area contributed by atoms with Gasteiger partial charge in [0.25, 0.3) is 0 Å². The predicted molar refractivity (Wildman–Crippen MR) is 57.5 cm³/mol. The number of hydrogen-bond acceptors (Lipinski definition) is 2. The zero-order valence-electron chi connectivity index (χ0n) is 8.36. The molecule has 72 valence electrons. The molecule has 0 bridgehead atoms. The third-order valence-corrected chi connectivity index (χ3v) is 2.35. The Balaban J connectivity index is 2.57. The largest absolute Gasteiger partial charge is 0.398 e. The molecule has 0 unspecified atom stereocenters. The first-order valence-corrected chi connectivity index (χ1v) is 4.55. The average Bonchev–Trinajstić information content (AvgIpc) is 2.66. The number of rotatable bonds is 1. The molecule has 0 saturated carbocycles. The molecule has 0 radical (unpaired) electrons. The summed E-state index contributed by atoms with van der Waals surface area (Å²) in [6.45, 7) is 4.02. The standard InChI is InChI=1S/C11H13N3/c1-8-6-10(7-9(2)11(8)12)14-5-3-4-13-14/h3-7H,12H2,1-2H3. The number of hydrogen-bond donors (Lipinski definition) is 1. The third-order valence-electron chi connectivity index (χ3n) is 2.35. The molecule has 0 aliphatic heterocycles. The minimum atomic E-state index is 0.862. The van der Waals surface area contributed by atoms with Gasteiger partial charge in [-0.25, -0.2) is 4.68 Å². The van der Waals surface area contributed by atoms with Crippen LogP contribution in [-0.2, 0) is 0 Å². The molecule has 2 aromatic rings.